The van der Waals surface area contributed by atoms with E-state index in [9.17, 15) is 4.79 Å². The second-order valence-electron chi connectivity index (χ2n) is 5.58. The Morgan fingerprint density at radius 1 is 1.19 bits per heavy atom. The van der Waals surface area contributed by atoms with Crippen molar-refractivity contribution in [3.05, 3.63) is 52.7 Å². The number of benzene rings is 1. The standard InChI is InChI=1S/C17H21N3O/c1-10(2)14-8-13(9-15(18)19-14)17(21)20-16-11(3)6-5-7-12(16)4/h5-10H,1-4H3,(H2,18,19)(H,20,21). The summed E-state index contributed by atoms with van der Waals surface area (Å²) in [6, 6.07) is 9.33. The number of rotatable bonds is 3. The lowest BCUT2D eigenvalue weighted by atomic mass is 10.1. The van der Waals surface area contributed by atoms with Crippen LogP contribution in [0.25, 0.3) is 0 Å². The smallest absolute Gasteiger partial charge is 0.255 e. The molecule has 1 heterocycles. The Kier molecular flexibility index (Phi) is 4.26. The Morgan fingerprint density at radius 3 is 2.38 bits per heavy atom. The van der Waals surface area contributed by atoms with Gasteiger partial charge in [-0.15, -0.1) is 0 Å². The van der Waals surface area contributed by atoms with Crippen LogP contribution in [0.5, 0.6) is 0 Å². The van der Waals surface area contributed by atoms with Gasteiger partial charge in [0.1, 0.15) is 5.82 Å². The molecule has 0 aliphatic heterocycles. The summed E-state index contributed by atoms with van der Waals surface area (Å²) in [5.74, 6) is 0.427. The summed E-state index contributed by atoms with van der Waals surface area (Å²) in [6.07, 6.45) is 0. The molecule has 0 atom stereocenters. The van der Waals surface area contributed by atoms with E-state index in [1.807, 2.05) is 45.9 Å². The second-order valence-corrected chi connectivity index (χ2v) is 5.58. The Labute approximate surface area is 125 Å². The van der Waals surface area contributed by atoms with E-state index in [0.29, 0.717) is 11.4 Å². The van der Waals surface area contributed by atoms with Crippen LogP contribution in [0.2, 0.25) is 0 Å². The van der Waals surface area contributed by atoms with E-state index in [4.69, 9.17) is 5.73 Å². The molecule has 0 aliphatic rings. The molecule has 0 fully saturated rings. The van der Waals surface area contributed by atoms with Crippen LogP contribution < -0.4 is 11.1 Å². The minimum atomic E-state index is -0.164. The van der Waals surface area contributed by atoms with Gasteiger partial charge in [0.25, 0.3) is 5.91 Å². The van der Waals surface area contributed by atoms with Crippen LogP contribution in [0.4, 0.5) is 11.5 Å². The van der Waals surface area contributed by atoms with Crippen molar-refractivity contribution >= 4 is 17.4 Å². The zero-order valence-electron chi connectivity index (χ0n) is 12.9. The highest BCUT2D eigenvalue weighted by Gasteiger charge is 2.13. The van der Waals surface area contributed by atoms with E-state index < -0.39 is 0 Å². The Balaban J connectivity index is 2.33. The molecule has 2 rings (SSSR count). The number of pyridine rings is 1. The maximum Gasteiger partial charge on any atom is 0.255 e. The number of carbonyl (C=O) groups excluding carboxylic acids is 1. The molecular formula is C17H21N3O. The molecule has 4 heteroatoms. The van der Waals surface area contributed by atoms with Gasteiger partial charge in [0.2, 0.25) is 0 Å². The highest BCUT2D eigenvalue weighted by atomic mass is 16.1. The van der Waals surface area contributed by atoms with Gasteiger partial charge in [0.15, 0.2) is 0 Å². The first-order chi connectivity index (χ1) is 9.88. The molecule has 110 valence electrons. The zero-order valence-corrected chi connectivity index (χ0v) is 12.9. The summed E-state index contributed by atoms with van der Waals surface area (Å²) in [7, 11) is 0. The van der Waals surface area contributed by atoms with Crippen LogP contribution in [0.15, 0.2) is 30.3 Å². The van der Waals surface area contributed by atoms with Crippen molar-refractivity contribution in [1.29, 1.82) is 0 Å². The number of carbonyl (C=O) groups is 1. The van der Waals surface area contributed by atoms with Gasteiger partial charge in [-0.1, -0.05) is 32.0 Å². The number of amides is 1. The number of hydrogen-bond donors (Lipinski definition) is 2. The van der Waals surface area contributed by atoms with Crippen LogP contribution in [0, 0.1) is 13.8 Å². The average molecular weight is 283 g/mol. The maximum absolute atomic E-state index is 12.5. The summed E-state index contributed by atoms with van der Waals surface area (Å²) in [5.41, 5.74) is 10.1. The monoisotopic (exact) mass is 283 g/mol. The summed E-state index contributed by atoms with van der Waals surface area (Å²) < 4.78 is 0. The number of hydrogen-bond acceptors (Lipinski definition) is 3. The first kappa shape index (κ1) is 15.0. The van der Waals surface area contributed by atoms with E-state index in [2.05, 4.69) is 10.3 Å². The number of nitrogens with one attached hydrogen (secondary N) is 1. The molecule has 4 nitrogen and oxygen atoms in total. The fraction of sp³-hybridized carbons (Fsp3) is 0.294. The molecule has 2 aromatic rings. The van der Waals surface area contributed by atoms with Gasteiger partial charge in [-0.25, -0.2) is 4.98 Å². The van der Waals surface area contributed by atoms with Gasteiger partial charge in [0.05, 0.1) is 0 Å². The SMILES string of the molecule is Cc1cccc(C)c1NC(=O)c1cc(N)nc(C(C)C)c1. The van der Waals surface area contributed by atoms with Crippen molar-refractivity contribution in [2.24, 2.45) is 0 Å². The average Bonchev–Trinajstić information content (AvgIpc) is 2.42. The van der Waals surface area contributed by atoms with E-state index in [-0.39, 0.29) is 11.8 Å². The molecule has 0 unspecified atom stereocenters. The van der Waals surface area contributed by atoms with Crippen LogP contribution >= 0.6 is 0 Å². The van der Waals surface area contributed by atoms with Crippen molar-refractivity contribution < 1.29 is 4.79 Å². The quantitative estimate of drug-likeness (QED) is 0.903. The minimum Gasteiger partial charge on any atom is -0.384 e. The van der Waals surface area contributed by atoms with Crippen molar-refractivity contribution in [1.82, 2.24) is 4.98 Å². The van der Waals surface area contributed by atoms with Crippen molar-refractivity contribution in [3.63, 3.8) is 0 Å². The number of nitrogens with two attached hydrogens (primary N) is 1. The molecule has 1 aromatic carbocycles. The lowest BCUT2D eigenvalue weighted by Crippen LogP contribution is -2.15. The lowest BCUT2D eigenvalue weighted by Gasteiger charge is -2.13. The lowest BCUT2D eigenvalue weighted by molar-refractivity contribution is 0.102. The predicted octanol–water partition coefficient (Wildman–Crippen LogP) is 3.66. The largest absolute Gasteiger partial charge is 0.384 e. The molecule has 21 heavy (non-hydrogen) atoms. The number of para-hydroxylation sites is 1. The first-order valence-corrected chi connectivity index (χ1v) is 7.03. The van der Waals surface area contributed by atoms with Crippen LogP contribution in [-0.2, 0) is 0 Å². The summed E-state index contributed by atoms with van der Waals surface area (Å²) >= 11 is 0. The Bertz CT molecular complexity index is 657. The van der Waals surface area contributed by atoms with Crippen LogP contribution in [-0.4, -0.2) is 10.9 Å². The fourth-order valence-corrected chi connectivity index (χ4v) is 2.20. The number of nitrogen functional groups attached to an aromatic ring is 1. The number of aryl methyl sites for hydroxylation is 2. The van der Waals surface area contributed by atoms with Gasteiger partial charge in [-0.05, 0) is 43.0 Å². The highest BCUT2D eigenvalue weighted by molar-refractivity contribution is 6.05. The van der Waals surface area contributed by atoms with Crippen molar-refractivity contribution in [2.45, 2.75) is 33.6 Å². The Morgan fingerprint density at radius 2 is 1.81 bits per heavy atom. The normalized spacial score (nSPS) is 10.7. The molecule has 0 radical (unpaired) electrons. The topological polar surface area (TPSA) is 68.0 Å². The summed E-state index contributed by atoms with van der Waals surface area (Å²) in [4.78, 5) is 16.7. The van der Waals surface area contributed by atoms with Crippen LogP contribution in [0.1, 0.15) is 46.9 Å². The third-order valence-corrected chi connectivity index (χ3v) is 3.44. The number of nitrogens with zero attached hydrogens (tertiary/aromatic N) is 1. The summed E-state index contributed by atoms with van der Waals surface area (Å²) in [6.45, 7) is 8.00. The third-order valence-electron chi connectivity index (χ3n) is 3.44. The molecule has 1 aromatic heterocycles. The molecule has 0 spiro atoms. The predicted molar refractivity (Wildman–Crippen MR) is 86.6 cm³/mol. The molecule has 0 saturated carbocycles. The zero-order chi connectivity index (χ0) is 15.6. The van der Waals surface area contributed by atoms with Crippen molar-refractivity contribution in [3.8, 4) is 0 Å². The molecule has 3 N–H and O–H groups in total. The minimum absolute atomic E-state index is 0.164. The number of aromatic nitrogens is 1. The van der Waals surface area contributed by atoms with E-state index in [1.54, 1.807) is 12.1 Å². The van der Waals surface area contributed by atoms with E-state index in [1.165, 1.54) is 0 Å². The summed E-state index contributed by atoms with van der Waals surface area (Å²) in [5, 5.41) is 2.97. The molecule has 0 aliphatic carbocycles. The Hall–Kier alpha value is -2.36. The fourth-order valence-electron chi connectivity index (χ4n) is 2.20. The maximum atomic E-state index is 12.5. The second kappa shape index (κ2) is 5.95. The molecule has 0 saturated heterocycles. The third kappa shape index (κ3) is 3.40. The van der Waals surface area contributed by atoms with Crippen molar-refractivity contribution in [2.75, 3.05) is 11.1 Å². The first-order valence-electron chi connectivity index (χ1n) is 7.03. The van der Waals surface area contributed by atoms with Gasteiger partial charge in [-0.2, -0.15) is 0 Å². The highest BCUT2D eigenvalue weighted by Crippen LogP contribution is 2.22. The van der Waals surface area contributed by atoms with E-state index in [0.717, 1.165) is 22.5 Å². The molecule has 0 bridgehead atoms. The van der Waals surface area contributed by atoms with Gasteiger partial charge in [0, 0.05) is 16.9 Å². The number of anilines is 2. The molecular weight excluding hydrogens is 262 g/mol. The van der Waals surface area contributed by atoms with Gasteiger partial charge in [-0.3, -0.25) is 4.79 Å². The molecule has 1 amide bonds. The van der Waals surface area contributed by atoms with E-state index >= 15 is 0 Å². The van der Waals surface area contributed by atoms with Gasteiger partial charge >= 0.3 is 0 Å². The van der Waals surface area contributed by atoms with Crippen LogP contribution in [0.3, 0.4) is 0 Å². The van der Waals surface area contributed by atoms with Gasteiger partial charge < -0.3 is 11.1 Å².